The standard InChI is InChI=1S/C23H21N3O4S/c1-15(23(28)29)20-12-26(25-21(20)27)11-16-7-9-19(10-8-16)30-13-18-14-31-22(24-18)17-5-3-2-4-6-17/h2-10,12,14-15H,11,13H2,1H3,(H,25,27)(H,28,29)/p-1. The minimum atomic E-state index is -1.28. The van der Waals surface area contributed by atoms with Gasteiger partial charge in [-0.25, -0.2) is 4.98 Å². The van der Waals surface area contributed by atoms with E-state index in [-0.39, 0.29) is 5.56 Å². The molecule has 0 radical (unpaired) electrons. The van der Waals surface area contributed by atoms with Crippen molar-refractivity contribution in [2.75, 3.05) is 0 Å². The summed E-state index contributed by atoms with van der Waals surface area (Å²) in [6.07, 6.45) is 1.51. The Morgan fingerprint density at radius 3 is 2.65 bits per heavy atom. The number of benzene rings is 2. The van der Waals surface area contributed by atoms with E-state index in [9.17, 15) is 14.7 Å². The number of ether oxygens (including phenoxy) is 1. The minimum Gasteiger partial charge on any atom is -0.550 e. The van der Waals surface area contributed by atoms with Crippen molar-refractivity contribution in [2.24, 2.45) is 0 Å². The fraction of sp³-hybridized carbons (Fsp3) is 0.174. The van der Waals surface area contributed by atoms with E-state index in [0.29, 0.717) is 18.9 Å². The molecule has 0 saturated carbocycles. The Balaban J connectivity index is 1.36. The summed E-state index contributed by atoms with van der Waals surface area (Å²) in [5, 5.41) is 16.6. The molecule has 0 aliphatic carbocycles. The lowest BCUT2D eigenvalue weighted by atomic mass is 10.1. The Morgan fingerprint density at radius 1 is 1.19 bits per heavy atom. The third-order valence-electron chi connectivity index (χ3n) is 4.86. The number of nitrogens with zero attached hydrogens (tertiary/aromatic N) is 2. The van der Waals surface area contributed by atoms with E-state index in [2.05, 4.69) is 10.1 Å². The summed E-state index contributed by atoms with van der Waals surface area (Å²) >= 11 is 1.58. The Bertz CT molecular complexity index is 1230. The largest absolute Gasteiger partial charge is 0.550 e. The van der Waals surface area contributed by atoms with Gasteiger partial charge in [-0.15, -0.1) is 11.3 Å². The van der Waals surface area contributed by atoms with Gasteiger partial charge in [-0.2, -0.15) is 0 Å². The second kappa shape index (κ2) is 9.01. The number of H-pyrrole nitrogens is 1. The summed E-state index contributed by atoms with van der Waals surface area (Å²) in [7, 11) is 0. The molecule has 1 unspecified atom stereocenters. The van der Waals surface area contributed by atoms with Crippen LogP contribution in [0.1, 0.15) is 29.7 Å². The van der Waals surface area contributed by atoms with Crippen LogP contribution in [0.15, 0.2) is 71.0 Å². The number of hydrogen-bond acceptors (Lipinski definition) is 6. The lowest BCUT2D eigenvalue weighted by molar-refractivity contribution is -0.307. The van der Waals surface area contributed by atoms with Crippen molar-refractivity contribution in [2.45, 2.75) is 26.0 Å². The van der Waals surface area contributed by atoms with E-state index in [0.717, 1.165) is 21.8 Å². The molecule has 2 heterocycles. The zero-order valence-corrected chi connectivity index (χ0v) is 17.6. The Kier molecular flexibility index (Phi) is 5.99. The highest BCUT2D eigenvalue weighted by Crippen LogP contribution is 2.24. The van der Waals surface area contributed by atoms with Crippen LogP contribution in [-0.4, -0.2) is 20.7 Å². The quantitative estimate of drug-likeness (QED) is 0.460. The molecule has 0 spiro atoms. The van der Waals surface area contributed by atoms with Gasteiger partial charge < -0.3 is 14.6 Å². The van der Waals surface area contributed by atoms with Crippen molar-refractivity contribution in [3.63, 3.8) is 0 Å². The van der Waals surface area contributed by atoms with E-state index < -0.39 is 17.4 Å². The number of carbonyl (C=O) groups is 1. The predicted octanol–water partition coefficient (Wildman–Crippen LogP) is 2.78. The van der Waals surface area contributed by atoms with Gasteiger partial charge in [-0.3, -0.25) is 14.6 Å². The van der Waals surface area contributed by atoms with Crippen LogP contribution in [0, 0.1) is 0 Å². The van der Waals surface area contributed by atoms with Crippen molar-refractivity contribution in [1.82, 2.24) is 14.8 Å². The minimum absolute atomic E-state index is 0.179. The van der Waals surface area contributed by atoms with E-state index in [1.54, 1.807) is 16.0 Å². The van der Waals surface area contributed by atoms with Crippen LogP contribution in [-0.2, 0) is 17.9 Å². The smallest absolute Gasteiger partial charge is 0.267 e. The maximum absolute atomic E-state index is 11.9. The van der Waals surface area contributed by atoms with Gasteiger partial charge in [0.2, 0.25) is 0 Å². The van der Waals surface area contributed by atoms with Crippen molar-refractivity contribution < 1.29 is 14.6 Å². The fourth-order valence-corrected chi connectivity index (χ4v) is 3.92. The number of aromatic nitrogens is 3. The number of nitrogens with one attached hydrogen (secondary N) is 1. The van der Waals surface area contributed by atoms with Crippen LogP contribution >= 0.6 is 11.3 Å². The molecule has 158 valence electrons. The molecule has 0 bridgehead atoms. The number of carbonyl (C=O) groups excluding carboxylic acids is 1. The van der Waals surface area contributed by atoms with Crippen LogP contribution in [0.3, 0.4) is 0 Å². The average Bonchev–Trinajstić information content (AvgIpc) is 3.40. The highest BCUT2D eigenvalue weighted by atomic mass is 32.1. The molecular weight excluding hydrogens is 414 g/mol. The summed E-state index contributed by atoms with van der Waals surface area (Å²) in [6.45, 7) is 2.21. The zero-order valence-electron chi connectivity index (χ0n) is 16.8. The van der Waals surface area contributed by atoms with Gasteiger partial charge in [-0.05, 0) is 17.7 Å². The number of aromatic amines is 1. The summed E-state index contributed by atoms with van der Waals surface area (Å²) in [4.78, 5) is 27.6. The highest BCUT2D eigenvalue weighted by Gasteiger charge is 2.13. The maximum Gasteiger partial charge on any atom is 0.267 e. The Labute approximate surface area is 182 Å². The number of carboxylic acids is 1. The molecule has 2 aromatic heterocycles. The Morgan fingerprint density at radius 2 is 1.94 bits per heavy atom. The van der Waals surface area contributed by atoms with Gasteiger partial charge in [0, 0.05) is 34.6 Å². The van der Waals surface area contributed by atoms with Gasteiger partial charge >= 0.3 is 0 Å². The van der Waals surface area contributed by atoms with Crippen LogP contribution in [0.2, 0.25) is 0 Å². The molecule has 0 aliphatic heterocycles. The number of rotatable bonds is 8. The van der Waals surface area contributed by atoms with Crippen molar-refractivity contribution in [3.05, 3.63) is 93.3 Å². The lowest BCUT2D eigenvalue weighted by Gasteiger charge is -2.08. The first-order valence-corrected chi connectivity index (χ1v) is 10.6. The molecule has 31 heavy (non-hydrogen) atoms. The van der Waals surface area contributed by atoms with E-state index in [1.807, 2.05) is 60.0 Å². The molecule has 0 fully saturated rings. The number of thiazole rings is 1. The topological polar surface area (TPSA) is 100 Å². The third kappa shape index (κ3) is 4.92. The van der Waals surface area contributed by atoms with Crippen LogP contribution in [0.4, 0.5) is 0 Å². The number of carboxylic acid groups (broad SMARTS) is 1. The summed E-state index contributed by atoms with van der Waals surface area (Å²) < 4.78 is 7.40. The molecule has 4 rings (SSSR count). The first-order chi connectivity index (χ1) is 15.0. The molecule has 2 aromatic carbocycles. The van der Waals surface area contributed by atoms with E-state index in [1.165, 1.54) is 13.1 Å². The zero-order chi connectivity index (χ0) is 21.8. The van der Waals surface area contributed by atoms with Gasteiger partial charge in [0.1, 0.15) is 17.4 Å². The van der Waals surface area contributed by atoms with Gasteiger partial charge in [-0.1, -0.05) is 49.4 Å². The number of hydrogen-bond donors (Lipinski definition) is 1. The van der Waals surface area contributed by atoms with E-state index >= 15 is 0 Å². The summed E-state index contributed by atoms with van der Waals surface area (Å²) in [5.41, 5.74) is 2.65. The van der Waals surface area contributed by atoms with Crippen molar-refractivity contribution >= 4 is 17.3 Å². The second-order valence-corrected chi connectivity index (χ2v) is 7.99. The predicted molar refractivity (Wildman–Crippen MR) is 116 cm³/mol. The van der Waals surface area contributed by atoms with Gasteiger partial charge in [0.05, 0.1) is 12.2 Å². The maximum atomic E-state index is 11.9. The van der Waals surface area contributed by atoms with Crippen molar-refractivity contribution in [3.8, 4) is 16.3 Å². The first-order valence-electron chi connectivity index (χ1n) is 9.71. The molecule has 1 atom stereocenters. The normalized spacial score (nSPS) is 11.9. The monoisotopic (exact) mass is 434 g/mol. The molecule has 1 N–H and O–H groups in total. The summed E-state index contributed by atoms with van der Waals surface area (Å²) in [5.74, 6) is -1.53. The van der Waals surface area contributed by atoms with Gasteiger partial charge in [0.25, 0.3) is 5.56 Å². The van der Waals surface area contributed by atoms with E-state index in [4.69, 9.17) is 4.74 Å². The SMILES string of the molecule is CC(C(=O)[O-])c1cn(Cc2ccc(OCc3csc(-c4ccccc4)n3)cc2)[nH]c1=O. The average molecular weight is 434 g/mol. The summed E-state index contributed by atoms with van der Waals surface area (Å²) in [6, 6.07) is 17.5. The Hall–Kier alpha value is -3.65. The highest BCUT2D eigenvalue weighted by molar-refractivity contribution is 7.13. The molecule has 0 saturated heterocycles. The molecule has 4 aromatic rings. The second-order valence-electron chi connectivity index (χ2n) is 7.14. The van der Waals surface area contributed by atoms with Crippen LogP contribution in [0.25, 0.3) is 10.6 Å². The fourth-order valence-electron chi connectivity index (χ4n) is 3.11. The first kappa shape index (κ1) is 20.6. The van der Waals surface area contributed by atoms with Crippen molar-refractivity contribution in [1.29, 1.82) is 0 Å². The molecule has 0 aliphatic rings. The van der Waals surface area contributed by atoms with Crippen LogP contribution < -0.4 is 15.4 Å². The molecule has 8 heteroatoms. The van der Waals surface area contributed by atoms with Crippen LogP contribution in [0.5, 0.6) is 5.75 Å². The van der Waals surface area contributed by atoms with Gasteiger partial charge in [0.15, 0.2) is 0 Å². The lowest BCUT2D eigenvalue weighted by Crippen LogP contribution is -2.30. The number of aliphatic carboxylic acids is 1. The molecular formula is C23H20N3O4S-. The molecule has 0 amide bonds. The molecule has 7 nitrogen and oxygen atoms in total. The third-order valence-corrected chi connectivity index (χ3v) is 5.80.